The normalized spacial score (nSPS) is 12.7. The summed E-state index contributed by atoms with van der Waals surface area (Å²) in [6.45, 7) is 9.06. The molecule has 122 valence electrons. The van der Waals surface area contributed by atoms with E-state index in [-0.39, 0.29) is 24.0 Å². The maximum Gasteiger partial charge on any atom is 0.191 e. The molecule has 0 radical (unpaired) electrons. The van der Waals surface area contributed by atoms with Crippen LogP contribution in [-0.2, 0) is 4.74 Å². The zero-order valence-electron chi connectivity index (χ0n) is 13.7. The Morgan fingerprint density at radius 3 is 2.50 bits per heavy atom. The van der Waals surface area contributed by atoms with Gasteiger partial charge in [-0.25, -0.2) is 0 Å². The third-order valence-corrected chi connectivity index (χ3v) is 2.99. The van der Waals surface area contributed by atoms with E-state index >= 15 is 0 Å². The minimum absolute atomic E-state index is 0. The van der Waals surface area contributed by atoms with E-state index in [4.69, 9.17) is 4.74 Å². The molecule has 0 aliphatic heterocycles. The maximum atomic E-state index is 5.03. The summed E-state index contributed by atoms with van der Waals surface area (Å²) < 4.78 is 5.03. The first-order valence-corrected chi connectivity index (χ1v) is 7.78. The highest BCUT2D eigenvalue weighted by Crippen LogP contribution is 2.05. The van der Waals surface area contributed by atoms with Crippen molar-refractivity contribution in [2.75, 3.05) is 26.8 Å². The number of ether oxygens (including phenoxy) is 1. The lowest BCUT2D eigenvalue weighted by molar-refractivity contribution is 0.197. The van der Waals surface area contributed by atoms with Crippen molar-refractivity contribution in [1.29, 1.82) is 0 Å². The third-order valence-electron chi connectivity index (χ3n) is 2.99. The van der Waals surface area contributed by atoms with Gasteiger partial charge < -0.3 is 15.4 Å². The highest BCUT2D eigenvalue weighted by Gasteiger charge is 2.04. The number of methoxy groups -OCH3 is 1. The van der Waals surface area contributed by atoms with Crippen molar-refractivity contribution >= 4 is 29.9 Å². The van der Waals surface area contributed by atoms with Crippen LogP contribution < -0.4 is 10.6 Å². The smallest absolute Gasteiger partial charge is 0.191 e. The number of unbranched alkanes of at least 4 members (excludes halogenated alkanes) is 3. The molecule has 20 heavy (non-hydrogen) atoms. The second kappa shape index (κ2) is 17.0. The molecule has 5 heteroatoms. The number of hydrogen-bond acceptors (Lipinski definition) is 2. The van der Waals surface area contributed by atoms with E-state index < -0.39 is 0 Å². The Labute approximate surface area is 142 Å². The van der Waals surface area contributed by atoms with Gasteiger partial charge in [-0.2, -0.15) is 0 Å². The molecule has 0 heterocycles. The first-order chi connectivity index (χ1) is 9.24. The number of halogens is 1. The van der Waals surface area contributed by atoms with Crippen molar-refractivity contribution in [3.8, 4) is 0 Å². The summed E-state index contributed by atoms with van der Waals surface area (Å²) in [5, 5.41) is 6.76. The Hall–Kier alpha value is -0.0400. The van der Waals surface area contributed by atoms with Gasteiger partial charge in [0, 0.05) is 32.8 Å². The van der Waals surface area contributed by atoms with E-state index in [0.29, 0.717) is 6.04 Å². The molecule has 0 fully saturated rings. The average molecular weight is 399 g/mol. The first kappa shape index (κ1) is 22.2. The van der Waals surface area contributed by atoms with E-state index in [1.807, 2.05) is 0 Å². The molecular weight excluding hydrogens is 365 g/mol. The molecule has 0 rings (SSSR count). The van der Waals surface area contributed by atoms with Gasteiger partial charge in [0.25, 0.3) is 0 Å². The number of aliphatic imine (C=N–C) groups is 1. The lowest BCUT2D eigenvalue weighted by Crippen LogP contribution is -2.42. The summed E-state index contributed by atoms with van der Waals surface area (Å²) >= 11 is 0. The van der Waals surface area contributed by atoms with Crippen LogP contribution in [0.4, 0.5) is 0 Å². The summed E-state index contributed by atoms with van der Waals surface area (Å²) in [6.07, 6.45) is 7.46. The van der Waals surface area contributed by atoms with E-state index in [1.54, 1.807) is 7.11 Å². The van der Waals surface area contributed by atoms with Gasteiger partial charge in [0.05, 0.1) is 0 Å². The zero-order chi connectivity index (χ0) is 14.3. The molecule has 0 amide bonds. The Kier molecular flexibility index (Phi) is 18.9. The fourth-order valence-corrected chi connectivity index (χ4v) is 1.90. The molecule has 0 aliphatic rings. The van der Waals surface area contributed by atoms with Gasteiger partial charge in [0.1, 0.15) is 0 Å². The Morgan fingerprint density at radius 2 is 1.90 bits per heavy atom. The van der Waals surface area contributed by atoms with Gasteiger partial charge in [-0.15, -0.1) is 24.0 Å². The van der Waals surface area contributed by atoms with Crippen molar-refractivity contribution in [3.63, 3.8) is 0 Å². The lowest BCUT2D eigenvalue weighted by atomic mass is 10.1. The fraction of sp³-hybridized carbons (Fsp3) is 0.933. The van der Waals surface area contributed by atoms with E-state index in [0.717, 1.165) is 32.1 Å². The number of nitrogens with zero attached hydrogens (tertiary/aromatic N) is 1. The third kappa shape index (κ3) is 14.4. The van der Waals surface area contributed by atoms with Gasteiger partial charge >= 0.3 is 0 Å². The molecule has 1 atom stereocenters. The predicted octanol–water partition coefficient (Wildman–Crippen LogP) is 3.55. The highest BCUT2D eigenvalue weighted by atomic mass is 127. The standard InChI is InChI=1S/C15H33N3O.HI/c1-5-7-8-9-11-14(3)18-15(16-6-2)17-12-10-13-19-4;/h14H,5-13H2,1-4H3,(H2,16,17,18);1H. The molecule has 0 aliphatic carbocycles. The monoisotopic (exact) mass is 399 g/mol. The summed E-state index contributed by atoms with van der Waals surface area (Å²) in [4.78, 5) is 4.55. The molecule has 0 spiro atoms. The number of hydrogen-bond donors (Lipinski definition) is 2. The van der Waals surface area contributed by atoms with Crippen molar-refractivity contribution in [2.24, 2.45) is 4.99 Å². The second-order valence-electron chi connectivity index (χ2n) is 5.00. The van der Waals surface area contributed by atoms with E-state index in [2.05, 4.69) is 36.4 Å². The molecule has 4 nitrogen and oxygen atoms in total. The van der Waals surface area contributed by atoms with Crippen LogP contribution in [0.1, 0.15) is 59.3 Å². The van der Waals surface area contributed by atoms with Crippen LogP contribution in [0.25, 0.3) is 0 Å². The van der Waals surface area contributed by atoms with Crippen molar-refractivity contribution < 1.29 is 4.74 Å². The van der Waals surface area contributed by atoms with Crippen LogP contribution in [0, 0.1) is 0 Å². The molecule has 0 aromatic rings. The minimum atomic E-state index is 0. The van der Waals surface area contributed by atoms with Gasteiger partial charge in [0.15, 0.2) is 5.96 Å². The average Bonchev–Trinajstić information content (AvgIpc) is 2.40. The molecule has 1 unspecified atom stereocenters. The Balaban J connectivity index is 0. The quantitative estimate of drug-likeness (QED) is 0.242. The minimum Gasteiger partial charge on any atom is -0.385 e. The summed E-state index contributed by atoms with van der Waals surface area (Å²) in [5.74, 6) is 0.932. The maximum absolute atomic E-state index is 5.03. The summed E-state index contributed by atoms with van der Waals surface area (Å²) in [7, 11) is 1.73. The van der Waals surface area contributed by atoms with Crippen LogP contribution >= 0.6 is 24.0 Å². The molecule has 2 N–H and O–H groups in total. The second-order valence-corrected chi connectivity index (χ2v) is 5.00. The Morgan fingerprint density at radius 1 is 1.15 bits per heavy atom. The largest absolute Gasteiger partial charge is 0.385 e. The van der Waals surface area contributed by atoms with Crippen LogP contribution in [-0.4, -0.2) is 38.8 Å². The number of rotatable bonds is 11. The lowest BCUT2D eigenvalue weighted by Gasteiger charge is -2.17. The zero-order valence-corrected chi connectivity index (χ0v) is 16.0. The molecule has 0 saturated carbocycles. The van der Waals surface area contributed by atoms with Gasteiger partial charge in [-0.05, 0) is 26.7 Å². The SMILES string of the molecule is CCCCCCC(C)NC(=NCCCOC)NCC.I. The highest BCUT2D eigenvalue weighted by molar-refractivity contribution is 14.0. The predicted molar refractivity (Wildman–Crippen MR) is 99.2 cm³/mol. The van der Waals surface area contributed by atoms with Gasteiger partial charge in [-0.3, -0.25) is 4.99 Å². The van der Waals surface area contributed by atoms with E-state index in [9.17, 15) is 0 Å². The molecular formula is C15H34IN3O. The first-order valence-electron chi connectivity index (χ1n) is 7.78. The van der Waals surface area contributed by atoms with Gasteiger partial charge in [-0.1, -0.05) is 32.6 Å². The van der Waals surface area contributed by atoms with E-state index in [1.165, 1.54) is 32.1 Å². The topological polar surface area (TPSA) is 45.7 Å². The van der Waals surface area contributed by atoms with Crippen molar-refractivity contribution in [1.82, 2.24) is 10.6 Å². The number of guanidine groups is 1. The Bertz CT molecular complexity index is 225. The van der Waals surface area contributed by atoms with Crippen molar-refractivity contribution in [2.45, 2.75) is 65.3 Å². The van der Waals surface area contributed by atoms with Crippen LogP contribution in [0.2, 0.25) is 0 Å². The van der Waals surface area contributed by atoms with Crippen molar-refractivity contribution in [3.05, 3.63) is 0 Å². The molecule has 0 bridgehead atoms. The fourth-order valence-electron chi connectivity index (χ4n) is 1.90. The number of nitrogens with one attached hydrogen (secondary N) is 2. The molecule has 0 aromatic heterocycles. The van der Waals surface area contributed by atoms with Crippen LogP contribution in [0.15, 0.2) is 4.99 Å². The van der Waals surface area contributed by atoms with Gasteiger partial charge in [0.2, 0.25) is 0 Å². The van der Waals surface area contributed by atoms with Crippen LogP contribution in [0.3, 0.4) is 0 Å². The summed E-state index contributed by atoms with van der Waals surface area (Å²) in [6, 6.07) is 0.483. The molecule has 0 saturated heterocycles. The molecule has 0 aromatic carbocycles. The summed E-state index contributed by atoms with van der Waals surface area (Å²) in [5.41, 5.74) is 0. The van der Waals surface area contributed by atoms with Crippen LogP contribution in [0.5, 0.6) is 0 Å².